The minimum atomic E-state index is -0.573. The van der Waals surface area contributed by atoms with Gasteiger partial charge in [0, 0.05) is 17.4 Å². The van der Waals surface area contributed by atoms with Crippen molar-refractivity contribution in [2.24, 2.45) is 5.41 Å². The summed E-state index contributed by atoms with van der Waals surface area (Å²) in [5.74, 6) is 0.916. The Morgan fingerprint density at radius 1 is 1.29 bits per heavy atom. The van der Waals surface area contributed by atoms with E-state index in [4.69, 9.17) is 4.74 Å². The number of hydrogen-bond donors (Lipinski definition) is 2. The average Bonchev–Trinajstić information content (AvgIpc) is 2.16. The first-order valence-electron chi connectivity index (χ1n) is 5.96. The van der Waals surface area contributed by atoms with E-state index in [9.17, 15) is 10.2 Å². The maximum Gasteiger partial charge on any atom is 0.130 e. The SMILES string of the molecule is Cc1cc(O)c2c(c1)OC(C(C)(C)C)C(O)C2. The number of phenols is 1. The van der Waals surface area contributed by atoms with E-state index in [0.29, 0.717) is 17.7 Å². The number of ether oxygens (including phenoxy) is 1. The largest absolute Gasteiger partial charge is 0.508 e. The van der Waals surface area contributed by atoms with Gasteiger partial charge in [0.25, 0.3) is 0 Å². The molecule has 1 aliphatic rings. The van der Waals surface area contributed by atoms with Crippen molar-refractivity contribution in [1.29, 1.82) is 0 Å². The van der Waals surface area contributed by atoms with Crippen LogP contribution >= 0.6 is 0 Å². The number of hydrogen-bond acceptors (Lipinski definition) is 3. The maximum atomic E-state index is 10.1. The highest BCUT2D eigenvalue weighted by Crippen LogP contribution is 2.39. The highest BCUT2D eigenvalue weighted by molar-refractivity contribution is 5.48. The molecule has 2 unspecified atom stereocenters. The number of fused-ring (bicyclic) bond motifs is 1. The van der Waals surface area contributed by atoms with Gasteiger partial charge in [0.2, 0.25) is 0 Å². The molecular weight excluding hydrogens is 216 g/mol. The summed E-state index contributed by atoms with van der Waals surface area (Å²) >= 11 is 0. The summed E-state index contributed by atoms with van der Waals surface area (Å²) < 4.78 is 5.86. The summed E-state index contributed by atoms with van der Waals surface area (Å²) in [4.78, 5) is 0. The molecule has 1 aromatic carbocycles. The second kappa shape index (κ2) is 3.91. The fraction of sp³-hybridized carbons (Fsp3) is 0.571. The summed E-state index contributed by atoms with van der Waals surface area (Å²) in [7, 11) is 0. The van der Waals surface area contributed by atoms with Crippen molar-refractivity contribution >= 4 is 0 Å². The lowest BCUT2D eigenvalue weighted by Gasteiger charge is -2.39. The Bertz CT molecular complexity index is 432. The highest BCUT2D eigenvalue weighted by atomic mass is 16.5. The molecule has 2 atom stereocenters. The van der Waals surface area contributed by atoms with Crippen LogP contribution in [0.2, 0.25) is 0 Å². The Balaban J connectivity index is 2.41. The van der Waals surface area contributed by atoms with Crippen LogP contribution in [0.4, 0.5) is 0 Å². The quantitative estimate of drug-likeness (QED) is 0.727. The molecule has 2 rings (SSSR count). The Kier molecular flexibility index (Phi) is 2.82. The molecule has 0 spiro atoms. The van der Waals surface area contributed by atoms with Gasteiger partial charge < -0.3 is 14.9 Å². The number of aliphatic hydroxyl groups is 1. The third-order valence-electron chi connectivity index (χ3n) is 3.20. The molecule has 2 N–H and O–H groups in total. The first-order valence-corrected chi connectivity index (χ1v) is 5.96. The molecule has 0 bridgehead atoms. The third kappa shape index (κ3) is 2.25. The van der Waals surface area contributed by atoms with Crippen LogP contribution in [0.25, 0.3) is 0 Å². The van der Waals surface area contributed by atoms with Crippen LogP contribution in [-0.2, 0) is 6.42 Å². The second-order valence-electron chi connectivity index (χ2n) is 5.94. The number of rotatable bonds is 0. The molecule has 0 amide bonds. The first kappa shape index (κ1) is 12.2. The van der Waals surface area contributed by atoms with Gasteiger partial charge in [-0.1, -0.05) is 20.8 Å². The van der Waals surface area contributed by atoms with Gasteiger partial charge in [0.1, 0.15) is 17.6 Å². The van der Waals surface area contributed by atoms with Gasteiger partial charge in [-0.15, -0.1) is 0 Å². The van der Waals surface area contributed by atoms with Crippen LogP contribution in [-0.4, -0.2) is 22.4 Å². The molecule has 94 valence electrons. The maximum absolute atomic E-state index is 10.1. The Morgan fingerprint density at radius 2 is 1.94 bits per heavy atom. The molecule has 0 aromatic heterocycles. The number of phenolic OH excluding ortho intramolecular Hbond substituents is 1. The van der Waals surface area contributed by atoms with E-state index >= 15 is 0 Å². The molecule has 1 aromatic rings. The number of benzene rings is 1. The van der Waals surface area contributed by atoms with E-state index in [1.807, 2.05) is 33.8 Å². The van der Waals surface area contributed by atoms with Gasteiger partial charge >= 0.3 is 0 Å². The second-order valence-corrected chi connectivity index (χ2v) is 5.94. The monoisotopic (exact) mass is 236 g/mol. The molecule has 0 saturated heterocycles. The fourth-order valence-electron chi connectivity index (χ4n) is 2.36. The van der Waals surface area contributed by atoms with Crippen molar-refractivity contribution < 1.29 is 14.9 Å². The lowest BCUT2D eigenvalue weighted by atomic mass is 9.82. The molecule has 3 nitrogen and oxygen atoms in total. The molecule has 1 heterocycles. The molecule has 17 heavy (non-hydrogen) atoms. The minimum Gasteiger partial charge on any atom is -0.508 e. The van der Waals surface area contributed by atoms with E-state index in [0.717, 1.165) is 5.56 Å². The van der Waals surface area contributed by atoms with Crippen LogP contribution in [0.3, 0.4) is 0 Å². The zero-order valence-corrected chi connectivity index (χ0v) is 10.8. The Labute approximate surface area is 102 Å². The molecule has 0 radical (unpaired) electrons. The van der Waals surface area contributed by atoms with Crippen molar-refractivity contribution in [2.45, 2.75) is 46.3 Å². The lowest BCUT2D eigenvalue weighted by Crippen LogP contribution is -2.46. The minimum absolute atomic E-state index is 0.129. The number of aliphatic hydroxyl groups excluding tert-OH is 1. The van der Waals surface area contributed by atoms with Gasteiger partial charge in [-0.2, -0.15) is 0 Å². The van der Waals surface area contributed by atoms with Crippen LogP contribution in [0.15, 0.2) is 12.1 Å². The smallest absolute Gasteiger partial charge is 0.130 e. The topological polar surface area (TPSA) is 49.7 Å². The molecule has 1 aliphatic heterocycles. The predicted octanol–water partition coefficient (Wildman–Crippen LogP) is 2.41. The third-order valence-corrected chi connectivity index (χ3v) is 3.20. The number of aromatic hydroxyl groups is 1. The van der Waals surface area contributed by atoms with Crippen LogP contribution in [0, 0.1) is 12.3 Å². The van der Waals surface area contributed by atoms with E-state index in [2.05, 4.69) is 0 Å². The van der Waals surface area contributed by atoms with Gasteiger partial charge in [0.05, 0.1) is 6.10 Å². The lowest BCUT2D eigenvalue weighted by molar-refractivity contribution is -0.0388. The highest BCUT2D eigenvalue weighted by Gasteiger charge is 2.38. The molecule has 3 heteroatoms. The van der Waals surface area contributed by atoms with E-state index < -0.39 is 6.10 Å². The van der Waals surface area contributed by atoms with Crippen molar-refractivity contribution in [1.82, 2.24) is 0 Å². The molecule has 0 saturated carbocycles. The van der Waals surface area contributed by atoms with E-state index in [1.54, 1.807) is 6.07 Å². The van der Waals surface area contributed by atoms with Gasteiger partial charge in [-0.3, -0.25) is 0 Å². The van der Waals surface area contributed by atoms with Crippen LogP contribution in [0.5, 0.6) is 11.5 Å². The van der Waals surface area contributed by atoms with Crippen molar-refractivity contribution in [3.05, 3.63) is 23.3 Å². The summed E-state index contributed by atoms with van der Waals surface area (Å²) in [5.41, 5.74) is 1.55. The predicted molar refractivity (Wildman–Crippen MR) is 66.4 cm³/mol. The Hall–Kier alpha value is -1.22. The Morgan fingerprint density at radius 3 is 2.53 bits per heavy atom. The standard InChI is InChI=1S/C14H20O3/c1-8-5-10(15)9-7-11(16)13(14(2,3)4)17-12(9)6-8/h5-6,11,13,15-16H,7H2,1-4H3. The normalized spacial score (nSPS) is 24.1. The first-order chi connectivity index (χ1) is 7.79. The van der Waals surface area contributed by atoms with Crippen LogP contribution in [0.1, 0.15) is 31.9 Å². The summed E-state index contributed by atoms with van der Waals surface area (Å²) in [5, 5.41) is 20.0. The summed E-state index contributed by atoms with van der Waals surface area (Å²) in [6, 6.07) is 3.62. The van der Waals surface area contributed by atoms with Gasteiger partial charge in [0.15, 0.2) is 0 Å². The number of aryl methyl sites for hydroxylation is 1. The molecular formula is C14H20O3. The zero-order valence-electron chi connectivity index (χ0n) is 10.8. The van der Waals surface area contributed by atoms with Crippen molar-refractivity contribution in [2.75, 3.05) is 0 Å². The van der Waals surface area contributed by atoms with Gasteiger partial charge in [-0.05, 0) is 24.6 Å². The zero-order chi connectivity index (χ0) is 12.8. The summed E-state index contributed by atoms with van der Waals surface area (Å²) in [6.07, 6.45) is -0.365. The fourth-order valence-corrected chi connectivity index (χ4v) is 2.36. The van der Waals surface area contributed by atoms with E-state index in [1.165, 1.54) is 0 Å². The summed E-state index contributed by atoms with van der Waals surface area (Å²) in [6.45, 7) is 8.05. The van der Waals surface area contributed by atoms with Gasteiger partial charge in [-0.25, -0.2) is 0 Å². The van der Waals surface area contributed by atoms with Crippen LogP contribution < -0.4 is 4.74 Å². The molecule has 0 aliphatic carbocycles. The van der Waals surface area contributed by atoms with Crippen molar-refractivity contribution in [3.63, 3.8) is 0 Å². The average molecular weight is 236 g/mol. The van der Waals surface area contributed by atoms with Crippen molar-refractivity contribution in [3.8, 4) is 11.5 Å². The molecule has 0 fully saturated rings. The van der Waals surface area contributed by atoms with E-state index in [-0.39, 0.29) is 17.3 Å².